The number of nitriles is 1. The van der Waals surface area contributed by atoms with Crippen LogP contribution in [0.4, 0.5) is 18.9 Å². The number of Topliss-reactive ketones (excluding diaryl/α,β-unsaturated/α-hetero) is 1. The number of carbonyl (C=O) groups excluding carboxylic acids is 2. The number of para-hydroxylation sites is 1. The zero-order valence-electron chi connectivity index (χ0n) is 15.9. The van der Waals surface area contributed by atoms with Gasteiger partial charge < -0.3 is 10.1 Å². The fraction of sp³-hybridized carbons (Fsp3) is 0.0870. The van der Waals surface area contributed by atoms with Gasteiger partial charge in [-0.1, -0.05) is 30.3 Å². The predicted octanol–water partition coefficient (Wildman–Crippen LogP) is 5.46. The lowest BCUT2D eigenvalue weighted by molar-refractivity contribution is -0.137. The van der Waals surface area contributed by atoms with Gasteiger partial charge in [0.2, 0.25) is 5.91 Å². The van der Waals surface area contributed by atoms with Gasteiger partial charge in [-0.15, -0.1) is 0 Å². The molecule has 0 radical (unpaired) electrons. The number of hydrogen-bond donors (Lipinski definition) is 1. The Bertz CT molecular complexity index is 1120. The molecule has 0 saturated carbocycles. The molecule has 1 amide bonds. The first-order valence-electron chi connectivity index (χ1n) is 9.03. The first kappa shape index (κ1) is 21.6. The van der Waals surface area contributed by atoms with Gasteiger partial charge in [0.05, 0.1) is 11.6 Å². The van der Waals surface area contributed by atoms with Gasteiger partial charge >= 0.3 is 6.18 Å². The minimum atomic E-state index is -4.51. The lowest BCUT2D eigenvalue weighted by Crippen LogP contribution is -2.28. The smallest absolute Gasteiger partial charge is 0.416 e. The third kappa shape index (κ3) is 5.48. The largest absolute Gasteiger partial charge is 0.457 e. The first-order chi connectivity index (χ1) is 14.8. The fourth-order valence-electron chi connectivity index (χ4n) is 2.70. The number of alkyl halides is 3. The third-order valence-electron chi connectivity index (χ3n) is 4.23. The van der Waals surface area contributed by atoms with Crippen LogP contribution in [-0.4, -0.2) is 11.7 Å². The molecule has 1 N–H and O–H groups in total. The Morgan fingerprint density at radius 3 is 2.16 bits per heavy atom. The van der Waals surface area contributed by atoms with Gasteiger partial charge in [-0.05, 0) is 48.5 Å². The summed E-state index contributed by atoms with van der Waals surface area (Å²) in [7, 11) is 0. The summed E-state index contributed by atoms with van der Waals surface area (Å²) in [5.74, 6) is -2.50. The van der Waals surface area contributed by atoms with E-state index in [9.17, 15) is 28.0 Å². The van der Waals surface area contributed by atoms with Crippen molar-refractivity contribution in [3.8, 4) is 17.6 Å². The highest BCUT2D eigenvalue weighted by atomic mass is 19.4. The summed E-state index contributed by atoms with van der Waals surface area (Å²) in [5.41, 5.74) is -0.761. The van der Waals surface area contributed by atoms with Crippen molar-refractivity contribution in [1.29, 1.82) is 5.26 Å². The molecule has 3 aromatic carbocycles. The Morgan fingerprint density at radius 2 is 1.55 bits per heavy atom. The Labute approximate surface area is 175 Å². The lowest BCUT2D eigenvalue weighted by Gasteiger charge is -2.12. The highest BCUT2D eigenvalue weighted by Crippen LogP contribution is 2.30. The second kappa shape index (κ2) is 9.13. The molecular formula is C23H15F3N2O3. The molecule has 8 heteroatoms. The maximum absolute atomic E-state index is 12.7. The van der Waals surface area contributed by atoms with E-state index >= 15 is 0 Å². The summed E-state index contributed by atoms with van der Waals surface area (Å²) in [6.45, 7) is 0. The maximum atomic E-state index is 12.7. The van der Waals surface area contributed by atoms with Crippen molar-refractivity contribution in [1.82, 2.24) is 0 Å². The molecule has 0 aromatic heterocycles. The summed E-state index contributed by atoms with van der Waals surface area (Å²) >= 11 is 0. The Morgan fingerprint density at radius 1 is 0.903 bits per heavy atom. The van der Waals surface area contributed by atoms with Crippen LogP contribution in [0, 0.1) is 17.2 Å². The topological polar surface area (TPSA) is 79.2 Å². The molecule has 3 aromatic rings. The van der Waals surface area contributed by atoms with Crippen LogP contribution in [0.25, 0.3) is 0 Å². The van der Waals surface area contributed by atoms with Crippen molar-refractivity contribution >= 4 is 17.4 Å². The number of carbonyl (C=O) groups is 2. The molecule has 0 heterocycles. The van der Waals surface area contributed by atoms with Crippen molar-refractivity contribution in [3.05, 3.63) is 90.0 Å². The second-order valence-electron chi connectivity index (χ2n) is 6.43. The number of amides is 1. The van der Waals surface area contributed by atoms with Gasteiger partial charge in [-0.3, -0.25) is 9.59 Å². The van der Waals surface area contributed by atoms with Crippen LogP contribution in [0.1, 0.15) is 15.9 Å². The number of benzene rings is 3. The van der Waals surface area contributed by atoms with E-state index in [2.05, 4.69) is 5.32 Å². The minimum absolute atomic E-state index is 0.0345. The number of anilines is 1. The predicted molar refractivity (Wildman–Crippen MR) is 106 cm³/mol. The van der Waals surface area contributed by atoms with Gasteiger partial charge in [-0.2, -0.15) is 18.4 Å². The van der Waals surface area contributed by atoms with E-state index in [4.69, 9.17) is 4.74 Å². The number of hydrogen-bond acceptors (Lipinski definition) is 4. The summed E-state index contributed by atoms with van der Waals surface area (Å²) in [5, 5.41) is 11.6. The molecule has 31 heavy (non-hydrogen) atoms. The first-order valence-corrected chi connectivity index (χ1v) is 9.03. The molecule has 1 unspecified atom stereocenters. The molecule has 5 nitrogen and oxygen atoms in total. The Hall–Kier alpha value is -4.12. The van der Waals surface area contributed by atoms with Gasteiger partial charge in [0.1, 0.15) is 11.5 Å². The SMILES string of the molecule is N#CC(C(=O)Nc1ccc(C(F)(F)F)cc1)C(=O)c1cccc(Oc2ccccc2)c1. The highest BCUT2D eigenvalue weighted by Gasteiger charge is 2.31. The average molecular weight is 424 g/mol. The van der Waals surface area contributed by atoms with E-state index in [1.165, 1.54) is 12.1 Å². The standard InChI is InChI=1S/C23H15F3N2O3/c24-23(25,26)16-9-11-17(12-10-16)28-22(30)20(14-27)21(29)15-5-4-8-19(13-15)31-18-6-2-1-3-7-18/h1-13,20H,(H,28,30). The van der Waals surface area contributed by atoms with Crippen LogP contribution in [0.15, 0.2) is 78.9 Å². The van der Waals surface area contributed by atoms with E-state index in [0.717, 1.165) is 24.3 Å². The number of rotatable bonds is 6. The number of nitrogens with zero attached hydrogens (tertiary/aromatic N) is 1. The van der Waals surface area contributed by atoms with Gasteiger partial charge in [0.25, 0.3) is 0 Å². The quantitative estimate of drug-likeness (QED) is 0.421. The van der Waals surface area contributed by atoms with E-state index in [1.54, 1.807) is 42.5 Å². The molecule has 0 aliphatic rings. The summed E-state index contributed by atoms with van der Waals surface area (Å²) in [6, 6.07) is 20.2. The molecule has 0 saturated heterocycles. The van der Waals surface area contributed by atoms with Gasteiger partial charge in [-0.25, -0.2) is 0 Å². The molecule has 0 bridgehead atoms. The molecule has 0 spiro atoms. The van der Waals surface area contributed by atoms with Crippen LogP contribution >= 0.6 is 0 Å². The van der Waals surface area contributed by atoms with Crippen LogP contribution in [-0.2, 0) is 11.0 Å². The van der Waals surface area contributed by atoms with Crippen molar-refractivity contribution < 1.29 is 27.5 Å². The molecule has 156 valence electrons. The molecule has 0 aliphatic heterocycles. The van der Waals surface area contributed by atoms with E-state index in [0.29, 0.717) is 11.5 Å². The second-order valence-corrected chi connectivity index (χ2v) is 6.43. The van der Waals surface area contributed by atoms with Crippen LogP contribution < -0.4 is 10.1 Å². The number of ketones is 1. The Balaban J connectivity index is 1.73. The number of halogens is 3. The van der Waals surface area contributed by atoms with Crippen molar-refractivity contribution in [2.75, 3.05) is 5.32 Å². The lowest BCUT2D eigenvalue weighted by atomic mass is 9.97. The Kier molecular flexibility index (Phi) is 6.36. The summed E-state index contributed by atoms with van der Waals surface area (Å²) in [4.78, 5) is 25.1. The molecular weight excluding hydrogens is 409 g/mol. The van der Waals surface area contributed by atoms with E-state index < -0.39 is 29.3 Å². The summed E-state index contributed by atoms with van der Waals surface area (Å²) in [6.07, 6.45) is -4.51. The number of ether oxygens (including phenoxy) is 1. The van der Waals surface area contributed by atoms with E-state index in [1.807, 2.05) is 6.07 Å². The van der Waals surface area contributed by atoms with Crippen LogP contribution in [0.2, 0.25) is 0 Å². The molecule has 3 rings (SSSR count). The monoisotopic (exact) mass is 424 g/mol. The normalized spacial score (nSPS) is 11.8. The van der Waals surface area contributed by atoms with Crippen molar-refractivity contribution in [3.63, 3.8) is 0 Å². The van der Waals surface area contributed by atoms with Crippen LogP contribution in [0.3, 0.4) is 0 Å². The van der Waals surface area contributed by atoms with Crippen molar-refractivity contribution in [2.45, 2.75) is 6.18 Å². The zero-order chi connectivity index (χ0) is 22.4. The van der Waals surface area contributed by atoms with Gasteiger partial charge in [0, 0.05) is 11.3 Å². The van der Waals surface area contributed by atoms with E-state index in [-0.39, 0.29) is 11.3 Å². The van der Waals surface area contributed by atoms with Crippen molar-refractivity contribution in [2.24, 2.45) is 5.92 Å². The average Bonchev–Trinajstić information content (AvgIpc) is 2.75. The molecule has 0 fully saturated rings. The molecule has 0 aliphatic carbocycles. The number of nitrogens with one attached hydrogen (secondary N) is 1. The minimum Gasteiger partial charge on any atom is -0.457 e. The van der Waals surface area contributed by atoms with Gasteiger partial charge in [0.15, 0.2) is 11.7 Å². The third-order valence-corrected chi connectivity index (χ3v) is 4.23. The van der Waals surface area contributed by atoms with Crippen LogP contribution in [0.5, 0.6) is 11.5 Å². The zero-order valence-corrected chi connectivity index (χ0v) is 15.9. The highest BCUT2D eigenvalue weighted by molar-refractivity contribution is 6.15. The summed E-state index contributed by atoms with van der Waals surface area (Å²) < 4.78 is 43.6. The molecule has 1 atom stereocenters. The fourth-order valence-corrected chi connectivity index (χ4v) is 2.70. The maximum Gasteiger partial charge on any atom is 0.416 e.